The van der Waals surface area contributed by atoms with Gasteiger partial charge in [0.1, 0.15) is 5.75 Å². The average Bonchev–Trinajstić information content (AvgIpc) is 2.74. The van der Waals surface area contributed by atoms with Gasteiger partial charge in [0, 0.05) is 31.1 Å². The highest BCUT2D eigenvalue weighted by Gasteiger charge is 2.24. The zero-order valence-electron chi connectivity index (χ0n) is 16.0. The van der Waals surface area contributed by atoms with Gasteiger partial charge in [-0.2, -0.15) is 0 Å². The smallest absolute Gasteiger partial charge is 0.233 e. The first kappa shape index (κ1) is 20.5. The first-order valence-electron chi connectivity index (χ1n) is 9.26. The summed E-state index contributed by atoms with van der Waals surface area (Å²) in [5.41, 5.74) is 1.88. The van der Waals surface area contributed by atoms with E-state index in [0.29, 0.717) is 13.2 Å². The number of ether oxygens (including phenoxy) is 2. The lowest BCUT2D eigenvalue weighted by molar-refractivity contribution is 0.0172. The van der Waals surface area contributed by atoms with Crippen molar-refractivity contribution >= 4 is 16.1 Å². The molecule has 2 aromatic carbocycles. The lowest BCUT2D eigenvalue weighted by atomic mass is 10.0. The summed E-state index contributed by atoms with van der Waals surface area (Å²) in [7, 11) is -1.92. The van der Waals surface area contributed by atoms with E-state index >= 15 is 0 Å². The maximum absolute atomic E-state index is 12.5. The summed E-state index contributed by atoms with van der Waals surface area (Å²) in [5.74, 6) is 0.774. The van der Waals surface area contributed by atoms with Crippen LogP contribution in [0.1, 0.15) is 17.2 Å². The van der Waals surface area contributed by atoms with Gasteiger partial charge in [-0.25, -0.2) is 13.1 Å². The van der Waals surface area contributed by atoms with Gasteiger partial charge in [-0.05, 0) is 29.3 Å². The molecule has 0 aromatic heterocycles. The fraction of sp³-hybridized carbons (Fsp3) is 0.333. The van der Waals surface area contributed by atoms with Crippen molar-refractivity contribution in [2.24, 2.45) is 0 Å². The summed E-state index contributed by atoms with van der Waals surface area (Å²) in [5, 5.41) is 1.22. The molecule has 6 nitrogen and oxygen atoms in total. The van der Waals surface area contributed by atoms with Crippen LogP contribution >= 0.6 is 0 Å². The molecule has 1 N–H and O–H groups in total. The molecule has 3 rings (SSSR count). The maximum Gasteiger partial charge on any atom is 0.233 e. The van der Waals surface area contributed by atoms with Crippen molar-refractivity contribution in [2.75, 3.05) is 40.0 Å². The molecule has 1 unspecified atom stereocenters. The number of benzene rings is 2. The highest BCUT2D eigenvalue weighted by molar-refractivity contribution is 7.92. The molecule has 0 bridgehead atoms. The normalized spacial score (nSPS) is 16.9. The predicted octanol–water partition coefficient (Wildman–Crippen LogP) is 2.66. The second-order valence-corrected chi connectivity index (χ2v) is 8.20. The van der Waals surface area contributed by atoms with Crippen molar-refractivity contribution in [2.45, 2.75) is 6.04 Å². The molecule has 0 spiro atoms. The van der Waals surface area contributed by atoms with Crippen molar-refractivity contribution in [3.05, 3.63) is 71.1 Å². The summed E-state index contributed by atoms with van der Waals surface area (Å²) >= 11 is 0. The molecule has 1 atom stereocenters. The minimum absolute atomic E-state index is 0.0743. The Hall–Kier alpha value is -2.19. The van der Waals surface area contributed by atoms with E-state index in [-0.39, 0.29) is 12.6 Å². The number of methoxy groups -OCH3 is 1. The lowest BCUT2D eigenvalue weighted by Gasteiger charge is -2.34. The molecule has 28 heavy (non-hydrogen) atoms. The van der Waals surface area contributed by atoms with E-state index in [1.165, 1.54) is 5.41 Å². The third kappa shape index (κ3) is 5.90. The molecule has 7 heteroatoms. The van der Waals surface area contributed by atoms with Crippen LogP contribution in [0.2, 0.25) is 0 Å². The van der Waals surface area contributed by atoms with Gasteiger partial charge in [0.25, 0.3) is 0 Å². The van der Waals surface area contributed by atoms with Crippen LogP contribution in [0.4, 0.5) is 0 Å². The van der Waals surface area contributed by atoms with Crippen molar-refractivity contribution < 1.29 is 17.9 Å². The fourth-order valence-corrected chi connectivity index (χ4v) is 3.97. The Kier molecular flexibility index (Phi) is 7.22. The first-order valence-corrected chi connectivity index (χ1v) is 10.8. The van der Waals surface area contributed by atoms with Crippen LogP contribution in [0.15, 0.2) is 60.0 Å². The number of hydrogen-bond donors (Lipinski definition) is 1. The molecule has 0 amide bonds. The summed E-state index contributed by atoms with van der Waals surface area (Å²) in [6, 6.07) is 17.0. The molecular weight excluding hydrogens is 376 g/mol. The van der Waals surface area contributed by atoms with Crippen molar-refractivity contribution in [3.8, 4) is 5.75 Å². The van der Waals surface area contributed by atoms with Crippen molar-refractivity contribution in [3.63, 3.8) is 0 Å². The van der Waals surface area contributed by atoms with E-state index in [1.807, 2.05) is 54.6 Å². The summed E-state index contributed by atoms with van der Waals surface area (Å²) in [6.45, 7) is 3.10. The predicted molar refractivity (Wildman–Crippen MR) is 111 cm³/mol. The van der Waals surface area contributed by atoms with Gasteiger partial charge >= 0.3 is 0 Å². The molecule has 1 saturated heterocycles. The van der Waals surface area contributed by atoms with E-state index in [4.69, 9.17) is 9.47 Å². The van der Waals surface area contributed by atoms with Crippen molar-refractivity contribution in [1.29, 1.82) is 0 Å². The Labute approximate surface area is 166 Å². The number of sulfonamides is 1. The minimum atomic E-state index is -3.55. The van der Waals surface area contributed by atoms with Gasteiger partial charge in [-0.3, -0.25) is 4.90 Å². The zero-order chi connectivity index (χ0) is 19.8. The second kappa shape index (κ2) is 9.84. The van der Waals surface area contributed by atoms with Crippen LogP contribution < -0.4 is 9.46 Å². The van der Waals surface area contributed by atoms with Crippen LogP contribution in [0.5, 0.6) is 5.75 Å². The summed E-state index contributed by atoms with van der Waals surface area (Å²) in [6.07, 6.45) is 1.60. The van der Waals surface area contributed by atoms with Crippen LogP contribution in [0, 0.1) is 0 Å². The highest BCUT2D eigenvalue weighted by atomic mass is 32.2. The fourth-order valence-electron chi connectivity index (χ4n) is 3.15. The number of nitrogens with zero attached hydrogens (tertiary/aromatic N) is 1. The Morgan fingerprint density at radius 2 is 1.79 bits per heavy atom. The van der Waals surface area contributed by atoms with Crippen molar-refractivity contribution in [1.82, 2.24) is 9.62 Å². The molecule has 1 heterocycles. The number of nitrogens with one attached hydrogen (secondary N) is 1. The molecule has 2 aromatic rings. The summed E-state index contributed by atoms with van der Waals surface area (Å²) < 4.78 is 38.3. The second-order valence-electron chi connectivity index (χ2n) is 6.54. The van der Waals surface area contributed by atoms with Gasteiger partial charge in [-0.15, -0.1) is 0 Å². The van der Waals surface area contributed by atoms with Gasteiger partial charge in [-0.1, -0.05) is 42.5 Å². The summed E-state index contributed by atoms with van der Waals surface area (Å²) in [4.78, 5) is 2.24. The molecule has 0 radical (unpaired) electrons. The quantitative estimate of drug-likeness (QED) is 0.735. The third-order valence-electron chi connectivity index (χ3n) is 4.70. The zero-order valence-corrected chi connectivity index (χ0v) is 16.8. The van der Waals surface area contributed by atoms with E-state index in [2.05, 4.69) is 9.62 Å². The number of rotatable bonds is 8. The average molecular weight is 403 g/mol. The van der Waals surface area contributed by atoms with Crippen LogP contribution in [-0.2, 0) is 14.8 Å². The number of hydrogen-bond acceptors (Lipinski definition) is 5. The third-order valence-corrected chi connectivity index (χ3v) is 5.77. The Bertz CT molecular complexity index is 861. The Morgan fingerprint density at radius 1 is 1.11 bits per heavy atom. The molecule has 0 aliphatic carbocycles. The maximum atomic E-state index is 12.5. The SMILES string of the molecule is COc1ccc(C(CNS(=O)(=O)C=Cc2ccccc2)N2CCOCC2)cc1. The highest BCUT2D eigenvalue weighted by Crippen LogP contribution is 2.24. The minimum Gasteiger partial charge on any atom is -0.497 e. The van der Waals surface area contributed by atoms with Gasteiger partial charge in [0.05, 0.1) is 20.3 Å². The van der Waals surface area contributed by atoms with E-state index in [0.717, 1.165) is 30.0 Å². The van der Waals surface area contributed by atoms with Crippen LogP contribution in [0.3, 0.4) is 0 Å². The molecule has 1 aliphatic rings. The standard InChI is InChI=1S/C21H26N2O4S/c1-26-20-9-7-19(8-10-20)21(23-12-14-27-15-13-23)17-22-28(24,25)16-11-18-5-3-2-4-6-18/h2-11,16,21-22H,12-15,17H2,1H3. The molecule has 1 fully saturated rings. The first-order chi connectivity index (χ1) is 13.6. The largest absolute Gasteiger partial charge is 0.497 e. The lowest BCUT2D eigenvalue weighted by Crippen LogP contribution is -2.43. The van der Waals surface area contributed by atoms with E-state index < -0.39 is 10.0 Å². The van der Waals surface area contributed by atoms with Gasteiger partial charge in [0.15, 0.2) is 0 Å². The molecule has 150 valence electrons. The monoisotopic (exact) mass is 402 g/mol. The van der Waals surface area contributed by atoms with Crippen LogP contribution in [-0.4, -0.2) is 53.3 Å². The molecule has 0 saturated carbocycles. The molecular formula is C21H26N2O4S. The van der Waals surface area contributed by atoms with E-state index in [1.54, 1.807) is 13.2 Å². The van der Waals surface area contributed by atoms with Gasteiger partial charge < -0.3 is 9.47 Å². The Balaban J connectivity index is 1.72. The Morgan fingerprint density at radius 3 is 2.43 bits per heavy atom. The van der Waals surface area contributed by atoms with Crippen LogP contribution in [0.25, 0.3) is 6.08 Å². The molecule has 1 aliphatic heterocycles. The topological polar surface area (TPSA) is 67.9 Å². The van der Waals surface area contributed by atoms with Gasteiger partial charge in [0.2, 0.25) is 10.0 Å². The number of morpholine rings is 1. The van der Waals surface area contributed by atoms with E-state index in [9.17, 15) is 8.42 Å².